The number of rotatable bonds is 5. The van der Waals surface area contributed by atoms with Crippen molar-refractivity contribution in [2.75, 3.05) is 5.32 Å². The molecule has 0 spiro atoms. The molecule has 1 heterocycles. The number of hydrogen-bond donors (Lipinski definition) is 1. The second-order valence-electron chi connectivity index (χ2n) is 4.06. The maximum atomic E-state index is 9.01. The summed E-state index contributed by atoms with van der Waals surface area (Å²) >= 11 is 0. The molecule has 1 aromatic carbocycles. The normalized spacial score (nSPS) is 10.0. The summed E-state index contributed by atoms with van der Waals surface area (Å²) in [5.41, 5.74) is 2.66. The highest BCUT2D eigenvalue weighted by Crippen LogP contribution is 2.14. The molecule has 0 aliphatic carbocycles. The van der Waals surface area contributed by atoms with Gasteiger partial charge in [0.2, 0.25) is 0 Å². The zero-order chi connectivity index (χ0) is 12.8. The Balaban J connectivity index is 2.07. The van der Waals surface area contributed by atoms with Gasteiger partial charge in [-0.05, 0) is 24.6 Å². The zero-order valence-electron chi connectivity index (χ0n) is 10.4. The van der Waals surface area contributed by atoms with Gasteiger partial charge in [0.1, 0.15) is 6.07 Å². The van der Waals surface area contributed by atoms with Gasteiger partial charge in [-0.25, -0.2) is 0 Å². The van der Waals surface area contributed by atoms with E-state index in [0.29, 0.717) is 12.1 Å². The van der Waals surface area contributed by atoms with Crippen LogP contribution in [0.1, 0.15) is 24.6 Å². The Morgan fingerprint density at radius 3 is 2.94 bits per heavy atom. The molecule has 0 saturated carbocycles. The van der Waals surface area contributed by atoms with Crippen LogP contribution in [0.5, 0.6) is 0 Å². The van der Waals surface area contributed by atoms with Gasteiger partial charge in [-0.3, -0.25) is 4.68 Å². The van der Waals surface area contributed by atoms with Crippen molar-refractivity contribution in [3.8, 4) is 6.07 Å². The molecule has 0 fully saturated rings. The van der Waals surface area contributed by atoms with Gasteiger partial charge < -0.3 is 5.32 Å². The van der Waals surface area contributed by atoms with Crippen molar-refractivity contribution in [1.29, 1.82) is 5.26 Å². The molecule has 0 aliphatic heterocycles. The van der Waals surface area contributed by atoms with E-state index in [9.17, 15) is 0 Å². The predicted molar refractivity (Wildman–Crippen MR) is 71.0 cm³/mol. The minimum atomic E-state index is 0.666. The lowest BCUT2D eigenvalue weighted by atomic mass is 10.2. The van der Waals surface area contributed by atoms with Crippen molar-refractivity contribution in [3.63, 3.8) is 0 Å². The Kier molecular flexibility index (Phi) is 3.98. The monoisotopic (exact) mass is 240 g/mol. The van der Waals surface area contributed by atoms with Gasteiger partial charge in [0.25, 0.3) is 0 Å². The van der Waals surface area contributed by atoms with Gasteiger partial charge in [0.05, 0.1) is 23.5 Å². The molecular weight excluding hydrogens is 224 g/mol. The van der Waals surface area contributed by atoms with E-state index in [0.717, 1.165) is 24.3 Å². The number of nitrogens with one attached hydrogen (secondary N) is 1. The molecular formula is C14H16N4. The standard InChI is InChI=1S/C14H16N4/c1-2-9-18-13(7-8-17-18)11-16-14-6-4-3-5-12(14)10-15/h3-8,16H,2,9,11H2,1H3. The zero-order valence-corrected chi connectivity index (χ0v) is 10.4. The van der Waals surface area contributed by atoms with Gasteiger partial charge in [-0.15, -0.1) is 0 Å². The van der Waals surface area contributed by atoms with Gasteiger partial charge >= 0.3 is 0 Å². The summed E-state index contributed by atoms with van der Waals surface area (Å²) in [4.78, 5) is 0. The molecule has 0 radical (unpaired) electrons. The third-order valence-electron chi connectivity index (χ3n) is 2.75. The van der Waals surface area contributed by atoms with Gasteiger partial charge in [-0.2, -0.15) is 10.4 Å². The van der Waals surface area contributed by atoms with Crippen molar-refractivity contribution in [2.45, 2.75) is 26.4 Å². The molecule has 0 saturated heterocycles. The first-order valence-electron chi connectivity index (χ1n) is 6.09. The van der Waals surface area contributed by atoms with E-state index >= 15 is 0 Å². The van der Waals surface area contributed by atoms with Crippen molar-refractivity contribution >= 4 is 5.69 Å². The number of hydrogen-bond acceptors (Lipinski definition) is 3. The molecule has 0 amide bonds. The summed E-state index contributed by atoms with van der Waals surface area (Å²) in [6.45, 7) is 3.73. The number of anilines is 1. The predicted octanol–water partition coefficient (Wildman–Crippen LogP) is 2.78. The molecule has 0 aliphatic rings. The quantitative estimate of drug-likeness (QED) is 0.874. The third kappa shape index (κ3) is 2.69. The molecule has 1 N–H and O–H groups in total. The molecule has 0 atom stereocenters. The van der Waals surface area contributed by atoms with E-state index in [2.05, 4.69) is 23.4 Å². The van der Waals surface area contributed by atoms with Crippen LogP contribution in [0, 0.1) is 11.3 Å². The first kappa shape index (κ1) is 12.2. The van der Waals surface area contributed by atoms with Crippen LogP contribution in [0.25, 0.3) is 0 Å². The van der Waals surface area contributed by atoms with E-state index in [1.54, 1.807) is 0 Å². The van der Waals surface area contributed by atoms with Crippen LogP contribution < -0.4 is 5.32 Å². The summed E-state index contributed by atoms with van der Waals surface area (Å²) in [6, 6.07) is 11.7. The maximum Gasteiger partial charge on any atom is 0.101 e. The van der Waals surface area contributed by atoms with Crippen molar-refractivity contribution in [1.82, 2.24) is 9.78 Å². The number of nitrogens with zero attached hydrogens (tertiary/aromatic N) is 3. The average molecular weight is 240 g/mol. The molecule has 18 heavy (non-hydrogen) atoms. The Morgan fingerprint density at radius 1 is 1.33 bits per heavy atom. The van der Waals surface area contributed by atoms with E-state index in [1.165, 1.54) is 0 Å². The fraction of sp³-hybridized carbons (Fsp3) is 0.286. The number of para-hydroxylation sites is 1. The summed E-state index contributed by atoms with van der Waals surface area (Å²) in [5, 5.41) is 16.6. The lowest BCUT2D eigenvalue weighted by molar-refractivity contribution is 0.578. The van der Waals surface area contributed by atoms with Crippen molar-refractivity contribution in [3.05, 3.63) is 47.8 Å². The molecule has 2 aromatic rings. The van der Waals surface area contributed by atoms with E-state index in [1.807, 2.05) is 41.2 Å². The minimum Gasteiger partial charge on any atom is -0.378 e. The van der Waals surface area contributed by atoms with Crippen molar-refractivity contribution in [2.24, 2.45) is 0 Å². The smallest absolute Gasteiger partial charge is 0.101 e. The van der Waals surface area contributed by atoms with E-state index < -0.39 is 0 Å². The van der Waals surface area contributed by atoms with Gasteiger partial charge in [0.15, 0.2) is 0 Å². The van der Waals surface area contributed by atoms with Crippen LogP contribution in [-0.4, -0.2) is 9.78 Å². The lowest BCUT2D eigenvalue weighted by Gasteiger charge is -2.09. The summed E-state index contributed by atoms with van der Waals surface area (Å²) in [7, 11) is 0. The second kappa shape index (κ2) is 5.87. The van der Waals surface area contributed by atoms with Crippen LogP contribution in [0.4, 0.5) is 5.69 Å². The third-order valence-corrected chi connectivity index (χ3v) is 2.75. The van der Waals surface area contributed by atoms with Crippen LogP contribution in [-0.2, 0) is 13.1 Å². The van der Waals surface area contributed by atoms with Crippen LogP contribution in [0.15, 0.2) is 36.5 Å². The molecule has 0 bridgehead atoms. The fourth-order valence-corrected chi connectivity index (χ4v) is 1.84. The van der Waals surface area contributed by atoms with Crippen molar-refractivity contribution < 1.29 is 0 Å². The molecule has 92 valence electrons. The van der Waals surface area contributed by atoms with Crippen LogP contribution in [0.2, 0.25) is 0 Å². The Labute approximate surface area is 107 Å². The topological polar surface area (TPSA) is 53.6 Å². The Hall–Kier alpha value is -2.28. The number of aryl methyl sites for hydroxylation is 1. The maximum absolute atomic E-state index is 9.01. The van der Waals surface area contributed by atoms with Gasteiger partial charge in [-0.1, -0.05) is 19.1 Å². The van der Waals surface area contributed by atoms with E-state index in [4.69, 9.17) is 5.26 Å². The summed E-state index contributed by atoms with van der Waals surface area (Å²) < 4.78 is 1.99. The van der Waals surface area contributed by atoms with Gasteiger partial charge in [0, 0.05) is 12.7 Å². The highest BCUT2D eigenvalue weighted by Gasteiger charge is 2.03. The Bertz CT molecular complexity index is 551. The molecule has 2 rings (SSSR count). The van der Waals surface area contributed by atoms with Crippen LogP contribution in [0.3, 0.4) is 0 Å². The highest BCUT2D eigenvalue weighted by molar-refractivity contribution is 5.57. The first-order valence-corrected chi connectivity index (χ1v) is 6.09. The molecule has 1 aromatic heterocycles. The summed E-state index contributed by atoms with van der Waals surface area (Å²) in [5.74, 6) is 0. The number of nitriles is 1. The average Bonchev–Trinajstić information content (AvgIpc) is 2.84. The number of benzene rings is 1. The highest BCUT2D eigenvalue weighted by atomic mass is 15.3. The molecule has 0 unspecified atom stereocenters. The molecule has 4 nitrogen and oxygen atoms in total. The molecule has 4 heteroatoms. The second-order valence-corrected chi connectivity index (χ2v) is 4.06. The van der Waals surface area contributed by atoms with E-state index in [-0.39, 0.29) is 0 Å². The van der Waals surface area contributed by atoms with Crippen LogP contribution >= 0.6 is 0 Å². The minimum absolute atomic E-state index is 0.666. The Morgan fingerprint density at radius 2 is 2.17 bits per heavy atom. The number of aromatic nitrogens is 2. The first-order chi connectivity index (χ1) is 8.85. The lowest BCUT2D eigenvalue weighted by Crippen LogP contribution is -2.09. The fourth-order valence-electron chi connectivity index (χ4n) is 1.84. The SMILES string of the molecule is CCCn1nccc1CNc1ccccc1C#N. The summed E-state index contributed by atoms with van der Waals surface area (Å²) in [6.07, 6.45) is 2.87. The largest absolute Gasteiger partial charge is 0.378 e.